The quantitative estimate of drug-likeness (QED) is 0.673. The lowest BCUT2D eigenvalue weighted by Gasteiger charge is -2.20. The van der Waals surface area contributed by atoms with Crippen LogP contribution in [0.25, 0.3) is 0 Å². The zero-order chi connectivity index (χ0) is 16.5. The van der Waals surface area contributed by atoms with Gasteiger partial charge in [0.05, 0.1) is 0 Å². The molecule has 4 nitrogen and oxygen atoms in total. The fourth-order valence-electron chi connectivity index (χ4n) is 2.06. The second-order valence-corrected chi connectivity index (χ2v) is 7.86. The number of hydrogen-bond acceptors (Lipinski definition) is 2. The highest BCUT2D eigenvalue weighted by atomic mass is 16.2. The minimum Gasteiger partial charge on any atom is -0.352 e. The number of carbonyl (C=O) groups excluding carboxylic acids is 2. The van der Waals surface area contributed by atoms with Gasteiger partial charge in [-0.05, 0) is 54.4 Å². The van der Waals surface area contributed by atoms with Crippen molar-refractivity contribution in [2.45, 2.75) is 97.6 Å². The molecule has 0 aromatic heterocycles. The largest absolute Gasteiger partial charge is 0.352 e. The fourth-order valence-corrected chi connectivity index (χ4v) is 2.06. The lowest BCUT2D eigenvalue weighted by atomic mass is 10.1. The Kier molecular flexibility index (Phi) is 8.60. The molecule has 0 aliphatic heterocycles. The van der Waals surface area contributed by atoms with Crippen molar-refractivity contribution in [3.8, 4) is 0 Å². The van der Waals surface area contributed by atoms with Gasteiger partial charge in [-0.15, -0.1) is 0 Å². The van der Waals surface area contributed by atoms with Crippen LogP contribution in [0.2, 0.25) is 0 Å². The lowest BCUT2D eigenvalue weighted by molar-refractivity contribution is -0.123. The molecule has 2 N–H and O–H groups in total. The van der Waals surface area contributed by atoms with Crippen LogP contribution in [0.4, 0.5) is 0 Å². The molecule has 0 aliphatic carbocycles. The Morgan fingerprint density at radius 1 is 0.619 bits per heavy atom. The van der Waals surface area contributed by atoms with Crippen molar-refractivity contribution < 1.29 is 9.59 Å². The Balaban J connectivity index is 3.49. The van der Waals surface area contributed by atoms with Crippen molar-refractivity contribution >= 4 is 11.8 Å². The first kappa shape index (κ1) is 19.9. The number of hydrogen-bond donors (Lipinski definition) is 2. The second-order valence-electron chi connectivity index (χ2n) is 7.86. The van der Waals surface area contributed by atoms with E-state index in [1.54, 1.807) is 0 Å². The second kappa shape index (κ2) is 9.06. The number of nitrogens with one attached hydrogen (secondary N) is 2. The molecule has 21 heavy (non-hydrogen) atoms. The topological polar surface area (TPSA) is 58.2 Å². The summed E-state index contributed by atoms with van der Waals surface area (Å²) in [6.45, 7) is 12.0. The summed E-state index contributed by atoms with van der Waals surface area (Å²) in [5.41, 5.74) is -0.283. The van der Waals surface area contributed by atoms with Gasteiger partial charge in [0, 0.05) is 23.9 Å². The third-order valence-electron chi connectivity index (χ3n) is 2.84. The number of carbonyl (C=O) groups is 2. The van der Waals surface area contributed by atoms with E-state index in [4.69, 9.17) is 0 Å². The molecule has 0 saturated heterocycles. The van der Waals surface area contributed by atoms with Gasteiger partial charge in [-0.1, -0.05) is 19.3 Å². The van der Waals surface area contributed by atoms with E-state index in [0.29, 0.717) is 12.8 Å². The molecule has 0 aromatic carbocycles. The molecule has 0 unspecified atom stereocenters. The van der Waals surface area contributed by atoms with Crippen LogP contribution >= 0.6 is 0 Å². The lowest BCUT2D eigenvalue weighted by Crippen LogP contribution is -2.40. The van der Waals surface area contributed by atoms with Crippen LogP contribution < -0.4 is 10.6 Å². The Bertz CT molecular complexity index is 293. The maximum atomic E-state index is 11.6. The van der Waals surface area contributed by atoms with Crippen LogP contribution in [-0.2, 0) is 9.59 Å². The average Bonchev–Trinajstić information content (AvgIpc) is 2.22. The van der Waals surface area contributed by atoms with Gasteiger partial charge in [-0.2, -0.15) is 0 Å². The molecule has 0 aromatic rings. The van der Waals surface area contributed by atoms with Crippen LogP contribution in [0, 0.1) is 0 Å². The molecule has 0 atom stereocenters. The highest BCUT2D eigenvalue weighted by Crippen LogP contribution is 2.09. The van der Waals surface area contributed by atoms with Gasteiger partial charge in [0.1, 0.15) is 0 Å². The molecule has 0 heterocycles. The molecule has 124 valence electrons. The maximum absolute atomic E-state index is 11.6. The molecule has 0 aliphatic rings. The van der Waals surface area contributed by atoms with Gasteiger partial charge in [0.2, 0.25) is 11.8 Å². The van der Waals surface area contributed by atoms with Crippen LogP contribution in [-0.4, -0.2) is 22.9 Å². The molecule has 0 radical (unpaired) electrons. The van der Waals surface area contributed by atoms with Crippen molar-refractivity contribution in [1.29, 1.82) is 0 Å². The number of unbranched alkanes of at least 4 members (excludes halogenated alkanes) is 4. The molecule has 2 amide bonds. The summed E-state index contributed by atoms with van der Waals surface area (Å²) in [4.78, 5) is 23.2. The zero-order valence-electron chi connectivity index (χ0n) is 14.8. The van der Waals surface area contributed by atoms with Crippen molar-refractivity contribution in [1.82, 2.24) is 10.6 Å². The molecule has 0 spiro atoms. The normalized spacial score (nSPS) is 12.1. The third kappa shape index (κ3) is 15.2. The van der Waals surface area contributed by atoms with Crippen molar-refractivity contribution in [3.63, 3.8) is 0 Å². The van der Waals surface area contributed by atoms with Crippen molar-refractivity contribution in [2.24, 2.45) is 0 Å². The Labute approximate surface area is 130 Å². The Morgan fingerprint density at radius 2 is 0.905 bits per heavy atom. The van der Waals surface area contributed by atoms with E-state index in [1.807, 2.05) is 41.5 Å². The summed E-state index contributed by atoms with van der Waals surface area (Å²) < 4.78 is 0. The van der Waals surface area contributed by atoms with Crippen molar-refractivity contribution in [2.75, 3.05) is 0 Å². The first-order valence-electron chi connectivity index (χ1n) is 8.12. The predicted octanol–water partition coefficient (Wildman–Crippen LogP) is 3.55. The van der Waals surface area contributed by atoms with Crippen LogP contribution in [0.15, 0.2) is 0 Å². The molecule has 4 heteroatoms. The standard InChI is InChI=1S/C17H34N2O2/c1-16(2,3)18-14(20)12-10-8-7-9-11-13-15(21)19-17(4,5)6/h7-13H2,1-6H3,(H,18,20)(H,19,21). The van der Waals surface area contributed by atoms with Gasteiger partial charge < -0.3 is 10.6 Å². The number of amides is 2. The van der Waals surface area contributed by atoms with E-state index >= 15 is 0 Å². The summed E-state index contributed by atoms with van der Waals surface area (Å²) in [7, 11) is 0. The summed E-state index contributed by atoms with van der Waals surface area (Å²) >= 11 is 0. The van der Waals surface area contributed by atoms with E-state index in [1.165, 1.54) is 0 Å². The molecule has 0 saturated carbocycles. The molecular weight excluding hydrogens is 264 g/mol. The summed E-state index contributed by atoms with van der Waals surface area (Å²) in [6, 6.07) is 0. The summed E-state index contributed by atoms with van der Waals surface area (Å²) in [5, 5.41) is 5.93. The summed E-state index contributed by atoms with van der Waals surface area (Å²) in [6.07, 6.45) is 6.25. The summed E-state index contributed by atoms with van der Waals surface area (Å²) in [5.74, 6) is 0.263. The van der Waals surface area contributed by atoms with Gasteiger partial charge >= 0.3 is 0 Å². The van der Waals surface area contributed by atoms with Gasteiger partial charge in [-0.25, -0.2) is 0 Å². The Hall–Kier alpha value is -1.06. The Morgan fingerprint density at radius 3 is 1.19 bits per heavy atom. The average molecular weight is 298 g/mol. The number of rotatable bonds is 8. The smallest absolute Gasteiger partial charge is 0.220 e. The van der Waals surface area contributed by atoms with E-state index in [-0.39, 0.29) is 22.9 Å². The van der Waals surface area contributed by atoms with E-state index < -0.39 is 0 Å². The maximum Gasteiger partial charge on any atom is 0.220 e. The van der Waals surface area contributed by atoms with Crippen LogP contribution in [0.3, 0.4) is 0 Å². The first-order chi connectivity index (χ1) is 9.49. The fraction of sp³-hybridized carbons (Fsp3) is 0.882. The van der Waals surface area contributed by atoms with Gasteiger partial charge in [-0.3, -0.25) is 9.59 Å². The minimum absolute atomic E-state index is 0.132. The predicted molar refractivity (Wildman–Crippen MR) is 88.1 cm³/mol. The van der Waals surface area contributed by atoms with Gasteiger partial charge in [0.15, 0.2) is 0 Å². The zero-order valence-corrected chi connectivity index (χ0v) is 14.8. The van der Waals surface area contributed by atoms with Crippen LogP contribution in [0.1, 0.15) is 86.5 Å². The van der Waals surface area contributed by atoms with Crippen molar-refractivity contribution in [3.05, 3.63) is 0 Å². The van der Waals surface area contributed by atoms with E-state index in [0.717, 1.165) is 32.1 Å². The third-order valence-corrected chi connectivity index (χ3v) is 2.84. The molecule has 0 rings (SSSR count). The molecular formula is C17H34N2O2. The molecule has 0 fully saturated rings. The van der Waals surface area contributed by atoms with E-state index in [2.05, 4.69) is 10.6 Å². The molecule has 0 bridgehead atoms. The van der Waals surface area contributed by atoms with Crippen LogP contribution in [0.5, 0.6) is 0 Å². The van der Waals surface area contributed by atoms with E-state index in [9.17, 15) is 9.59 Å². The highest BCUT2D eigenvalue weighted by Gasteiger charge is 2.13. The van der Waals surface area contributed by atoms with Gasteiger partial charge in [0.25, 0.3) is 0 Å². The minimum atomic E-state index is -0.141. The first-order valence-corrected chi connectivity index (χ1v) is 8.12. The SMILES string of the molecule is CC(C)(C)NC(=O)CCCCCCCC(=O)NC(C)(C)C. The monoisotopic (exact) mass is 298 g/mol. The highest BCUT2D eigenvalue weighted by molar-refractivity contribution is 5.76.